The summed E-state index contributed by atoms with van der Waals surface area (Å²) in [6.45, 7) is 1.56. The summed E-state index contributed by atoms with van der Waals surface area (Å²) in [6, 6.07) is 16.5. The fourth-order valence-electron chi connectivity index (χ4n) is 3.88. The van der Waals surface area contributed by atoms with Gasteiger partial charge in [0.1, 0.15) is 11.9 Å². The number of benzene rings is 2. The number of amides is 1. The smallest absolute Gasteiger partial charge is 0.223 e. The molecule has 2 heterocycles. The predicted molar refractivity (Wildman–Crippen MR) is 110 cm³/mol. The van der Waals surface area contributed by atoms with E-state index in [2.05, 4.69) is 21.3 Å². The highest BCUT2D eigenvalue weighted by Gasteiger charge is 2.27. The van der Waals surface area contributed by atoms with Crippen LogP contribution >= 0.6 is 0 Å². The molecule has 0 unspecified atom stereocenters. The molecule has 0 bridgehead atoms. The van der Waals surface area contributed by atoms with Gasteiger partial charge in [0.15, 0.2) is 0 Å². The topological polar surface area (TPSA) is 69.0 Å². The van der Waals surface area contributed by atoms with E-state index in [4.69, 9.17) is 0 Å². The molecule has 0 saturated carbocycles. The maximum absolute atomic E-state index is 13.7. The molecule has 3 aromatic rings. The van der Waals surface area contributed by atoms with Crippen molar-refractivity contribution in [2.75, 3.05) is 18.0 Å². The summed E-state index contributed by atoms with van der Waals surface area (Å²) in [7, 11) is 0. The molecule has 4 rings (SSSR count). The number of piperidine rings is 1. The van der Waals surface area contributed by atoms with E-state index in [0.29, 0.717) is 37.1 Å². The number of hydrogen-bond acceptors (Lipinski definition) is 4. The van der Waals surface area contributed by atoms with Gasteiger partial charge in [-0.25, -0.2) is 4.39 Å². The van der Waals surface area contributed by atoms with Gasteiger partial charge >= 0.3 is 0 Å². The Bertz CT molecular complexity index is 1080. The molecule has 146 valence electrons. The van der Waals surface area contributed by atoms with Crippen LogP contribution in [0.5, 0.6) is 0 Å². The van der Waals surface area contributed by atoms with Crippen LogP contribution < -0.4 is 10.2 Å². The number of hydrogen-bond donors (Lipinski definition) is 1. The molecule has 1 N–H and O–H groups in total. The maximum atomic E-state index is 13.7. The lowest BCUT2D eigenvalue weighted by Gasteiger charge is -2.34. The number of rotatable bonds is 4. The SMILES string of the molecule is N#Cc1cnc2ccccc2c1N1CCC(C(=O)NCc2ccccc2F)CC1. The highest BCUT2D eigenvalue weighted by atomic mass is 19.1. The molecule has 29 heavy (non-hydrogen) atoms. The molecule has 0 atom stereocenters. The summed E-state index contributed by atoms with van der Waals surface area (Å²) < 4.78 is 13.7. The second-order valence-electron chi connectivity index (χ2n) is 7.22. The highest BCUT2D eigenvalue weighted by molar-refractivity contribution is 5.94. The number of nitrogens with one attached hydrogen (secondary N) is 1. The van der Waals surface area contributed by atoms with Gasteiger partial charge in [0, 0.05) is 42.7 Å². The zero-order valence-electron chi connectivity index (χ0n) is 15.9. The Morgan fingerprint density at radius 2 is 1.90 bits per heavy atom. The monoisotopic (exact) mass is 388 g/mol. The van der Waals surface area contributed by atoms with Gasteiger partial charge in [-0.05, 0) is 25.0 Å². The van der Waals surface area contributed by atoms with Gasteiger partial charge in [0.25, 0.3) is 0 Å². The molecule has 1 aliphatic rings. The molecule has 6 heteroatoms. The lowest BCUT2D eigenvalue weighted by atomic mass is 9.94. The second-order valence-corrected chi connectivity index (χ2v) is 7.22. The van der Waals surface area contributed by atoms with E-state index in [9.17, 15) is 14.4 Å². The quantitative estimate of drug-likeness (QED) is 0.739. The van der Waals surface area contributed by atoms with Crippen LogP contribution in [0, 0.1) is 23.1 Å². The van der Waals surface area contributed by atoms with Crippen LogP contribution in [0.4, 0.5) is 10.1 Å². The van der Waals surface area contributed by atoms with Crippen LogP contribution in [-0.2, 0) is 11.3 Å². The van der Waals surface area contributed by atoms with Crippen LogP contribution in [0.3, 0.4) is 0 Å². The molecule has 1 aliphatic heterocycles. The van der Waals surface area contributed by atoms with Crippen LogP contribution in [0.25, 0.3) is 10.9 Å². The second kappa shape index (κ2) is 8.27. The summed E-state index contributed by atoms with van der Waals surface area (Å²) in [5.74, 6) is -0.471. The Kier molecular flexibility index (Phi) is 5.39. The van der Waals surface area contributed by atoms with Crippen molar-refractivity contribution in [2.45, 2.75) is 19.4 Å². The molecule has 0 spiro atoms. The van der Waals surface area contributed by atoms with Crippen molar-refractivity contribution in [3.8, 4) is 6.07 Å². The van der Waals surface area contributed by atoms with Crippen molar-refractivity contribution in [2.24, 2.45) is 5.92 Å². The van der Waals surface area contributed by atoms with Crippen LogP contribution in [0.1, 0.15) is 24.0 Å². The summed E-state index contributed by atoms with van der Waals surface area (Å²) in [5.41, 5.74) is 2.78. The van der Waals surface area contributed by atoms with E-state index in [1.54, 1.807) is 24.4 Å². The molecule has 2 aromatic carbocycles. The van der Waals surface area contributed by atoms with E-state index < -0.39 is 0 Å². The molecule has 5 nitrogen and oxygen atoms in total. The van der Waals surface area contributed by atoms with Crippen molar-refractivity contribution in [1.29, 1.82) is 5.26 Å². The first kappa shape index (κ1) is 18.9. The average Bonchev–Trinajstić information content (AvgIpc) is 2.77. The van der Waals surface area contributed by atoms with Crippen molar-refractivity contribution in [1.82, 2.24) is 10.3 Å². The minimum Gasteiger partial charge on any atom is -0.370 e. The Hall–Kier alpha value is -3.46. The predicted octanol–water partition coefficient (Wildman–Crippen LogP) is 3.78. The van der Waals surface area contributed by atoms with Crippen molar-refractivity contribution in [3.05, 3.63) is 71.7 Å². The normalized spacial score (nSPS) is 14.6. The lowest BCUT2D eigenvalue weighted by molar-refractivity contribution is -0.125. The van der Waals surface area contributed by atoms with Gasteiger partial charge in [-0.15, -0.1) is 0 Å². The van der Waals surface area contributed by atoms with Crippen LogP contribution in [-0.4, -0.2) is 24.0 Å². The highest BCUT2D eigenvalue weighted by Crippen LogP contribution is 2.32. The van der Waals surface area contributed by atoms with Gasteiger partial charge in [0.2, 0.25) is 5.91 Å². The molecule has 1 saturated heterocycles. The van der Waals surface area contributed by atoms with Crippen LogP contribution in [0.2, 0.25) is 0 Å². The number of fused-ring (bicyclic) bond motifs is 1. The third-order valence-electron chi connectivity index (χ3n) is 5.46. The minimum absolute atomic E-state index is 0.0482. The number of aromatic nitrogens is 1. The number of pyridine rings is 1. The molecule has 0 aliphatic carbocycles. The number of para-hydroxylation sites is 1. The van der Waals surface area contributed by atoms with Gasteiger partial charge in [-0.1, -0.05) is 36.4 Å². The van der Waals surface area contributed by atoms with Gasteiger partial charge in [0.05, 0.1) is 16.8 Å². The lowest BCUT2D eigenvalue weighted by Crippen LogP contribution is -2.40. The Morgan fingerprint density at radius 1 is 1.17 bits per heavy atom. The first-order valence-corrected chi connectivity index (χ1v) is 9.71. The first-order chi connectivity index (χ1) is 14.2. The maximum Gasteiger partial charge on any atom is 0.223 e. The van der Waals surface area contributed by atoms with E-state index in [1.807, 2.05) is 24.3 Å². The van der Waals surface area contributed by atoms with Crippen molar-refractivity contribution >= 4 is 22.5 Å². The average molecular weight is 388 g/mol. The molecule has 1 fully saturated rings. The number of halogens is 1. The van der Waals surface area contributed by atoms with E-state index >= 15 is 0 Å². The van der Waals surface area contributed by atoms with Gasteiger partial charge in [-0.2, -0.15) is 5.26 Å². The molecule has 1 aromatic heterocycles. The summed E-state index contributed by atoms with van der Waals surface area (Å²) in [6.07, 6.45) is 2.99. The summed E-state index contributed by atoms with van der Waals surface area (Å²) in [5, 5.41) is 13.3. The summed E-state index contributed by atoms with van der Waals surface area (Å²) >= 11 is 0. The van der Waals surface area contributed by atoms with E-state index in [0.717, 1.165) is 16.6 Å². The van der Waals surface area contributed by atoms with Gasteiger partial charge in [-0.3, -0.25) is 9.78 Å². The standard InChI is InChI=1S/C23H21FN4O/c24-20-7-3-1-5-17(20)14-27-23(29)16-9-11-28(12-10-16)22-18(13-25)15-26-21-8-4-2-6-19(21)22/h1-8,15-16H,9-12,14H2,(H,27,29). The largest absolute Gasteiger partial charge is 0.370 e. The van der Waals surface area contributed by atoms with E-state index in [-0.39, 0.29) is 24.2 Å². The Balaban J connectivity index is 1.44. The fourth-order valence-corrected chi connectivity index (χ4v) is 3.88. The fraction of sp³-hybridized carbons (Fsp3) is 0.261. The number of nitriles is 1. The Labute approximate surface area is 168 Å². The third kappa shape index (κ3) is 3.90. The zero-order chi connectivity index (χ0) is 20.2. The van der Waals surface area contributed by atoms with E-state index in [1.165, 1.54) is 6.07 Å². The molecule has 0 radical (unpaired) electrons. The number of nitrogens with zero attached hydrogens (tertiary/aromatic N) is 3. The van der Waals surface area contributed by atoms with Crippen LogP contribution in [0.15, 0.2) is 54.7 Å². The number of anilines is 1. The summed E-state index contributed by atoms with van der Waals surface area (Å²) in [4.78, 5) is 19.1. The minimum atomic E-state index is -0.309. The van der Waals surface area contributed by atoms with Crippen molar-refractivity contribution < 1.29 is 9.18 Å². The first-order valence-electron chi connectivity index (χ1n) is 9.71. The Morgan fingerprint density at radius 3 is 2.66 bits per heavy atom. The van der Waals surface area contributed by atoms with Crippen molar-refractivity contribution in [3.63, 3.8) is 0 Å². The molecular weight excluding hydrogens is 367 g/mol. The third-order valence-corrected chi connectivity index (χ3v) is 5.46. The molecule has 1 amide bonds. The number of carbonyl (C=O) groups is 1. The number of carbonyl (C=O) groups excluding carboxylic acids is 1. The molecular formula is C23H21FN4O. The van der Waals surface area contributed by atoms with Gasteiger partial charge < -0.3 is 10.2 Å². The zero-order valence-corrected chi connectivity index (χ0v) is 15.9.